The van der Waals surface area contributed by atoms with Gasteiger partial charge < -0.3 is 10.6 Å². The molecule has 4 rings (SSSR count). The van der Waals surface area contributed by atoms with Crippen LogP contribution in [0.4, 0.5) is 0 Å². The lowest BCUT2D eigenvalue weighted by Crippen LogP contribution is -2.44. The second kappa shape index (κ2) is 12.0. The second-order valence-corrected chi connectivity index (χ2v) is 7.99. The maximum Gasteiger partial charge on any atom is 0.191 e. The summed E-state index contributed by atoms with van der Waals surface area (Å²) in [6, 6.07) is 21.7. The van der Waals surface area contributed by atoms with Crippen LogP contribution in [0, 0.1) is 0 Å². The van der Waals surface area contributed by atoms with Crippen molar-refractivity contribution in [3.63, 3.8) is 0 Å². The van der Waals surface area contributed by atoms with Gasteiger partial charge in [-0.3, -0.25) is 9.47 Å². The Morgan fingerprint density at radius 1 is 1.09 bits per heavy atom. The van der Waals surface area contributed by atoms with Crippen molar-refractivity contribution in [1.82, 2.24) is 30.3 Å². The Morgan fingerprint density at radius 3 is 2.53 bits per heavy atom. The number of aliphatic imine (C=N–C) groups is 1. The predicted molar refractivity (Wildman–Crippen MR) is 139 cm³/mol. The van der Waals surface area contributed by atoms with Crippen LogP contribution in [0.5, 0.6) is 0 Å². The Hall–Kier alpha value is -2.46. The van der Waals surface area contributed by atoms with Gasteiger partial charge in [-0.1, -0.05) is 48.5 Å². The van der Waals surface area contributed by atoms with E-state index in [2.05, 4.69) is 69.9 Å². The van der Waals surface area contributed by atoms with Gasteiger partial charge in [0.15, 0.2) is 11.8 Å². The van der Waals surface area contributed by atoms with Gasteiger partial charge in [0.2, 0.25) is 0 Å². The lowest BCUT2D eigenvalue weighted by molar-refractivity contribution is 0.258. The van der Waals surface area contributed by atoms with E-state index in [1.165, 1.54) is 5.56 Å². The molecule has 1 fully saturated rings. The number of likely N-dealkylation sites (tertiary alicyclic amines) is 1. The molecule has 0 bridgehead atoms. The van der Waals surface area contributed by atoms with Crippen LogP contribution in [-0.2, 0) is 13.1 Å². The van der Waals surface area contributed by atoms with Crippen LogP contribution in [0.3, 0.4) is 0 Å². The Kier molecular flexibility index (Phi) is 9.04. The van der Waals surface area contributed by atoms with Gasteiger partial charge >= 0.3 is 0 Å². The van der Waals surface area contributed by atoms with Crippen molar-refractivity contribution in [2.45, 2.75) is 45.4 Å². The minimum Gasteiger partial charge on any atom is -0.357 e. The molecule has 0 amide bonds. The van der Waals surface area contributed by atoms with Gasteiger partial charge in [-0.05, 0) is 38.0 Å². The first kappa shape index (κ1) is 24.2. The van der Waals surface area contributed by atoms with Gasteiger partial charge in [-0.25, -0.2) is 4.99 Å². The highest BCUT2D eigenvalue weighted by Crippen LogP contribution is 2.20. The molecule has 0 saturated carbocycles. The molecular weight excluding hydrogens is 513 g/mol. The number of nitrogens with zero attached hydrogens (tertiary/aromatic N) is 5. The van der Waals surface area contributed by atoms with Gasteiger partial charge in [-0.2, -0.15) is 0 Å². The van der Waals surface area contributed by atoms with Crippen LogP contribution in [0.1, 0.15) is 31.7 Å². The van der Waals surface area contributed by atoms with Crippen LogP contribution in [0.15, 0.2) is 72.0 Å². The van der Waals surface area contributed by atoms with Crippen LogP contribution in [-0.4, -0.2) is 50.8 Å². The lowest BCUT2D eigenvalue weighted by atomic mass is 10.2. The molecule has 0 radical (unpaired) electrons. The molecule has 2 heterocycles. The number of benzene rings is 2. The van der Waals surface area contributed by atoms with E-state index in [9.17, 15) is 0 Å². The van der Waals surface area contributed by atoms with E-state index in [0.717, 1.165) is 43.5 Å². The number of guanidine groups is 1. The molecule has 8 heteroatoms. The van der Waals surface area contributed by atoms with E-state index in [1.807, 2.05) is 34.9 Å². The van der Waals surface area contributed by atoms with Gasteiger partial charge in [0.25, 0.3) is 0 Å². The van der Waals surface area contributed by atoms with E-state index in [1.54, 1.807) is 6.33 Å². The molecule has 2 aromatic carbocycles. The molecule has 32 heavy (non-hydrogen) atoms. The monoisotopic (exact) mass is 545 g/mol. The van der Waals surface area contributed by atoms with Crippen molar-refractivity contribution in [1.29, 1.82) is 0 Å². The highest BCUT2D eigenvalue weighted by Gasteiger charge is 2.29. The zero-order valence-corrected chi connectivity index (χ0v) is 21.0. The maximum atomic E-state index is 4.79. The third-order valence-electron chi connectivity index (χ3n) is 5.65. The summed E-state index contributed by atoms with van der Waals surface area (Å²) >= 11 is 0. The van der Waals surface area contributed by atoms with Crippen LogP contribution in [0.2, 0.25) is 0 Å². The summed E-state index contributed by atoms with van der Waals surface area (Å²) in [7, 11) is 0. The number of nitrogens with one attached hydrogen (secondary N) is 2. The molecule has 0 aliphatic carbocycles. The number of aromatic nitrogens is 3. The Labute approximate surface area is 207 Å². The summed E-state index contributed by atoms with van der Waals surface area (Å²) in [6.07, 6.45) is 2.83. The van der Waals surface area contributed by atoms with Crippen molar-refractivity contribution in [2.24, 2.45) is 4.99 Å². The van der Waals surface area contributed by atoms with E-state index in [4.69, 9.17) is 4.99 Å². The zero-order valence-electron chi connectivity index (χ0n) is 18.7. The Bertz CT molecular complexity index is 974. The molecule has 7 nitrogen and oxygen atoms in total. The molecule has 1 aromatic heterocycles. The zero-order chi connectivity index (χ0) is 21.5. The predicted octanol–water partition coefficient (Wildman–Crippen LogP) is 3.60. The van der Waals surface area contributed by atoms with E-state index >= 15 is 0 Å². The standard InChI is InChI=1S/C24H31N7.HI/c1-3-25-24(26-15-23-29-27-18-31(23)22-12-8-5-9-13-22)28-21-14-19(2)30(17-21)16-20-10-6-4-7-11-20;/h4-13,18-19,21H,3,14-17H2,1-2H3,(H2,25,26,28);1H. The topological polar surface area (TPSA) is 70.4 Å². The second-order valence-electron chi connectivity index (χ2n) is 7.99. The van der Waals surface area contributed by atoms with Crippen molar-refractivity contribution in [3.8, 4) is 5.69 Å². The molecule has 1 saturated heterocycles. The molecule has 0 spiro atoms. The van der Waals surface area contributed by atoms with Gasteiger partial charge in [0.1, 0.15) is 12.9 Å². The molecule has 2 unspecified atom stereocenters. The highest BCUT2D eigenvalue weighted by molar-refractivity contribution is 14.0. The van der Waals surface area contributed by atoms with Gasteiger partial charge in [-0.15, -0.1) is 34.2 Å². The molecule has 1 aliphatic rings. The fourth-order valence-corrected chi connectivity index (χ4v) is 4.08. The van der Waals surface area contributed by atoms with Crippen LogP contribution >= 0.6 is 24.0 Å². The first-order valence-corrected chi connectivity index (χ1v) is 11.0. The van der Waals surface area contributed by atoms with Crippen molar-refractivity contribution < 1.29 is 0 Å². The van der Waals surface area contributed by atoms with Crippen LogP contribution < -0.4 is 10.6 Å². The third kappa shape index (κ3) is 6.29. The molecule has 2 N–H and O–H groups in total. The highest BCUT2D eigenvalue weighted by atomic mass is 127. The number of hydrogen-bond acceptors (Lipinski definition) is 4. The average Bonchev–Trinajstić information content (AvgIpc) is 3.40. The van der Waals surface area contributed by atoms with E-state index < -0.39 is 0 Å². The van der Waals surface area contributed by atoms with Gasteiger partial charge in [0.05, 0.1) is 0 Å². The number of rotatable bonds is 7. The van der Waals surface area contributed by atoms with E-state index in [0.29, 0.717) is 18.6 Å². The molecule has 2 atom stereocenters. The first-order chi connectivity index (χ1) is 15.2. The summed E-state index contributed by atoms with van der Waals surface area (Å²) in [4.78, 5) is 7.32. The van der Waals surface area contributed by atoms with E-state index in [-0.39, 0.29) is 24.0 Å². The van der Waals surface area contributed by atoms with Crippen molar-refractivity contribution in [2.75, 3.05) is 13.1 Å². The molecule has 1 aliphatic heterocycles. The van der Waals surface area contributed by atoms with Crippen molar-refractivity contribution >= 4 is 29.9 Å². The third-order valence-corrected chi connectivity index (χ3v) is 5.65. The number of hydrogen-bond donors (Lipinski definition) is 2. The fraction of sp³-hybridized carbons (Fsp3) is 0.375. The molecule has 170 valence electrons. The number of para-hydroxylation sites is 1. The smallest absolute Gasteiger partial charge is 0.191 e. The lowest BCUT2D eigenvalue weighted by Gasteiger charge is -2.21. The summed E-state index contributed by atoms with van der Waals surface area (Å²) < 4.78 is 1.98. The normalized spacial score (nSPS) is 18.9. The Morgan fingerprint density at radius 2 is 1.81 bits per heavy atom. The molecular formula is C24H32IN7. The van der Waals surface area contributed by atoms with Crippen LogP contribution in [0.25, 0.3) is 5.69 Å². The summed E-state index contributed by atoms with van der Waals surface area (Å²) in [5.41, 5.74) is 2.40. The summed E-state index contributed by atoms with van der Waals surface area (Å²) in [5, 5.41) is 15.3. The summed E-state index contributed by atoms with van der Waals surface area (Å²) in [6.45, 7) is 7.64. The first-order valence-electron chi connectivity index (χ1n) is 11.0. The Balaban J connectivity index is 0.00000289. The summed E-state index contributed by atoms with van der Waals surface area (Å²) in [5.74, 6) is 1.64. The maximum absolute atomic E-state index is 4.79. The minimum atomic E-state index is 0. The SMILES string of the molecule is CCNC(=NCc1nncn1-c1ccccc1)NC1CC(C)N(Cc2ccccc2)C1.I. The number of halogens is 1. The quantitative estimate of drug-likeness (QED) is 0.270. The largest absolute Gasteiger partial charge is 0.357 e. The van der Waals surface area contributed by atoms with Gasteiger partial charge in [0, 0.05) is 37.4 Å². The molecule has 3 aromatic rings. The average molecular weight is 545 g/mol. The fourth-order valence-electron chi connectivity index (χ4n) is 4.08. The minimum absolute atomic E-state index is 0. The van der Waals surface area contributed by atoms with Crippen molar-refractivity contribution in [3.05, 3.63) is 78.4 Å².